The number of carbonyl (C=O) groups excluding carboxylic acids is 1. The first kappa shape index (κ1) is 20.7. The quantitative estimate of drug-likeness (QED) is 0.395. The summed E-state index contributed by atoms with van der Waals surface area (Å²) in [4.78, 5) is 20.4. The van der Waals surface area contributed by atoms with Crippen molar-refractivity contribution in [1.82, 2.24) is 20.4 Å². The van der Waals surface area contributed by atoms with Crippen molar-refractivity contribution >= 4 is 11.9 Å². The van der Waals surface area contributed by atoms with Gasteiger partial charge in [-0.15, -0.1) is 0 Å². The maximum atomic E-state index is 11.9. The van der Waals surface area contributed by atoms with Gasteiger partial charge < -0.3 is 20.3 Å². The number of amides is 1. The molecule has 2 heterocycles. The zero-order valence-electron chi connectivity index (χ0n) is 16.6. The molecule has 0 saturated carbocycles. The van der Waals surface area contributed by atoms with Crippen molar-refractivity contribution in [2.75, 3.05) is 60.0 Å². The molecule has 2 rings (SSSR count). The maximum absolute atomic E-state index is 11.9. The van der Waals surface area contributed by atoms with Crippen molar-refractivity contribution in [3.05, 3.63) is 12.2 Å². The Hall–Kier alpha value is -1.60. The summed E-state index contributed by atoms with van der Waals surface area (Å²) >= 11 is 0. The zero-order valence-corrected chi connectivity index (χ0v) is 16.6. The molecule has 0 aromatic rings. The number of aliphatic imine (C=N–C) groups is 1. The van der Waals surface area contributed by atoms with Crippen molar-refractivity contribution in [2.45, 2.75) is 32.2 Å². The topological polar surface area (TPSA) is 69.2 Å². The van der Waals surface area contributed by atoms with Gasteiger partial charge in [-0.3, -0.25) is 9.69 Å². The summed E-state index contributed by atoms with van der Waals surface area (Å²) in [5.74, 6) is 1.26. The summed E-state index contributed by atoms with van der Waals surface area (Å²) in [6, 6.07) is 0.386. The SMILES string of the molecule is C=C(C)CN1CCC(NC(=NCC(=O)N(C)C)NCC2CCOC2)CC1. The Morgan fingerprint density at radius 3 is 2.62 bits per heavy atom. The molecule has 2 saturated heterocycles. The number of guanidine groups is 1. The molecule has 0 aromatic heterocycles. The van der Waals surface area contributed by atoms with E-state index in [0.717, 1.165) is 64.6 Å². The summed E-state index contributed by atoms with van der Waals surface area (Å²) in [6.07, 6.45) is 3.22. The van der Waals surface area contributed by atoms with Gasteiger partial charge in [0.25, 0.3) is 0 Å². The largest absolute Gasteiger partial charge is 0.381 e. The smallest absolute Gasteiger partial charge is 0.243 e. The number of hydrogen-bond donors (Lipinski definition) is 2. The number of nitrogens with zero attached hydrogens (tertiary/aromatic N) is 3. The highest BCUT2D eigenvalue weighted by molar-refractivity contribution is 5.84. The number of hydrogen-bond acceptors (Lipinski definition) is 4. The van der Waals surface area contributed by atoms with Crippen LogP contribution in [0.4, 0.5) is 0 Å². The fraction of sp³-hybridized carbons (Fsp3) is 0.789. The van der Waals surface area contributed by atoms with Crippen LogP contribution in [-0.2, 0) is 9.53 Å². The van der Waals surface area contributed by atoms with Gasteiger partial charge in [-0.2, -0.15) is 0 Å². The minimum absolute atomic E-state index is 0.00609. The van der Waals surface area contributed by atoms with Crippen LogP contribution in [0, 0.1) is 5.92 Å². The van der Waals surface area contributed by atoms with Crippen molar-refractivity contribution in [3.63, 3.8) is 0 Å². The molecule has 2 aliphatic heterocycles. The molecule has 26 heavy (non-hydrogen) atoms. The van der Waals surface area contributed by atoms with Crippen LogP contribution in [0.5, 0.6) is 0 Å². The molecule has 1 unspecified atom stereocenters. The van der Waals surface area contributed by atoms with E-state index in [1.165, 1.54) is 5.57 Å². The average molecular weight is 366 g/mol. The van der Waals surface area contributed by atoms with Crippen molar-refractivity contribution < 1.29 is 9.53 Å². The summed E-state index contributed by atoms with van der Waals surface area (Å²) in [5.41, 5.74) is 1.21. The van der Waals surface area contributed by atoms with E-state index in [9.17, 15) is 4.79 Å². The number of rotatable bonds is 7. The van der Waals surface area contributed by atoms with Crippen LogP contribution in [0.3, 0.4) is 0 Å². The van der Waals surface area contributed by atoms with Gasteiger partial charge in [-0.1, -0.05) is 12.2 Å². The highest BCUT2D eigenvalue weighted by Crippen LogP contribution is 2.12. The van der Waals surface area contributed by atoms with Gasteiger partial charge in [-0.05, 0) is 26.2 Å². The number of likely N-dealkylation sites (N-methyl/N-ethyl adjacent to an activating group) is 1. The van der Waals surface area contributed by atoms with Crippen molar-refractivity contribution in [3.8, 4) is 0 Å². The van der Waals surface area contributed by atoms with Crippen LogP contribution in [0.25, 0.3) is 0 Å². The Morgan fingerprint density at radius 1 is 1.31 bits per heavy atom. The standard InChI is InChI=1S/C19H35N5O2/c1-15(2)13-24-8-5-17(6-9-24)22-19(21-12-18(25)23(3)4)20-11-16-7-10-26-14-16/h16-17H,1,5-14H2,2-4H3,(H2,20,21,22). The summed E-state index contributed by atoms with van der Waals surface area (Å²) in [5, 5.41) is 6.93. The maximum Gasteiger partial charge on any atom is 0.243 e. The molecule has 7 heteroatoms. The number of ether oxygens (including phenoxy) is 1. The third kappa shape index (κ3) is 7.33. The zero-order chi connectivity index (χ0) is 18.9. The second-order valence-corrected chi connectivity index (χ2v) is 7.72. The van der Waals surface area contributed by atoms with Crippen molar-refractivity contribution in [2.24, 2.45) is 10.9 Å². The minimum Gasteiger partial charge on any atom is -0.381 e. The lowest BCUT2D eigenvalue weighted by atomic mass is 10.0. The molecule has 2 N–H and O–H groups in total. The fourth-order valence-corrected chi connectivity index (χ4v) is 3.24. The van der Waals surface area contributed by atoms with Gasteiger partial charge in [0.2, 0.25) is 5.91 Å². The predicted molar refractivity (Wildman–Crippen MR) is 105 cm³/mol. The van der Waals surface area contributed by atoms with Gasteiger partial charge in [0, 0.05) is 58.8 Å². The van der Waals surface area contributed by atoms with E-state index >= 15 is 0 Å². The van der Waals surface area contributed by atoms with Gasteiger partial charge in [0.05, 0.1) is 6.61 Å². The second-order valence-electron chi connectivity index (χ2n) is 7.72. The molecule has 2 fully saturated rings. The second kappa shape index (κ2) is 10.5. The number of carbonyl (C=O) groups is 1. The van der Waals surface area contributed by atoms with Crippen LogP contribution >= 0.6 is 0 Å². The highest BCUT2D eigenvalue weighted by atomic mass is 16.5. The highest BCUT2D eigenvalue weighted by Gasteiger charge is 2.21. The molecule has 1 atom stereocenters. The first-order chi connectivity index (χ1) is 12.4. The normalized spacial score (nSPS) is 22.3. The summed E-state index contributed by atoms with van der Waals surface area (Å²) in [7, 11) is 3.51. The third-order valence-corrected chi connectivity index (χ3v) is 4.88. The molecule has 0 aliphatic carbocycles. The third-order valence-electron chi connectivity index (χ3n) is 4.88. The van der Waals surface area contributed by atoms with E-state index in [4.69, 9.17) is 4.74 Å². The molecule has 0 bridgehead atoms. The Morgan fingerprint density at radius 2 is 2.04 bits per heavy atom. The van der Waals surface area contributed by atoms with Crippen LogP contribution in [-0.4, -0.2) is 87.7 Å². The fourth-order valence-electron chi connectivity index (χ4n) is 3.24. The molecule has 7 nitrogen and oxygen atoms in total. The lowest BCUT2D eigenvalue weighted by Crippen LogP contribution is -2.50. The van der Waals surface area contributed by atoms with Crippen LogP contribution < -0.4 is 10.6 Å². The molecule has 0 spiro atoms. The molecule has 0 radical (unpaired) electrons. The van der Waals surface area contributed by atoms with Crippen LogP contribution in [0.2, 0.25) is 0 Å². The Balaban J connectivity index is 1.85. The van der Waals surface area contributed by atoms with Crippen LogP contribution in [0.1, 0.15) is 26.2 Å². The number of nitrogens with one attached hydrogen (secondary N) is 2. The van der Waals surface area contributed by atoms with E-state index < -0.39 is 0 Å². The first-order valence-electron chi connectivity index (χ1n) is 9.63. The Kier molecular flexibility index (Phi) is 8.38. The molecule has 1 amide bonds. The average Bonchev–Trinajstić information content (AvgIpc) is 3.11. The monoisotopic (exact) mass is 365 g/mol. The Bertz CT molecular complexity index is 492. The van der Waals surface area contributed by atoms with E-state index in [-0.39, 0.29) is 12.5 Å². The molecule has 148 valence electrons. The first-order valence-corrected chi connectivity index (χ1v) is 9.63. The number of likely N-dealkylation sites (tertiary alicyclic amines) is 1. The van der Waals surface area contributed by atoms with E-state index in [1.807, 2.05) is 0 Å². The summed E-state index contributed by atoms with van der Waals surface area (Å²) in [6.45, 7) is 11.8. The van der Waals surface area contributed by atoms with E-state index in [1.54, 1.807) is 19.0 Å². The Labute approximate surface area is 157 Å². The van der Waals surface area contributed by atoms with E-state index in [2.05, 4.69) is 34.0 Å². The summed E-state index contributed by atoms with van der Waals surface area (Å²) < 4.78 is 5.44. The predicted octanol–water partition coefficient (Wildman–Crippen LogP) is 0.687. The van der Waals surface area contributed by atoms with Gasteiger partial charge in [0.1, 0.15) is 6.54 Å². The minimum atomic E-state index is 0.00609. The molecular weight excluding hydrogens is 330 g/mol. The van der Waals surface area contributed by atoms with Gasteiger partial charge in [0.15, 0.2) is 5.96 Å². The lowest BCUT2D eigenvalue weighted by Gasteiger charge is -2.33. The molecule has 0 aromatic carbocycles. The lowest BCUT2D eigenvalue weighted by molar-refractivity contribution is -0.127. The van der Waals surface area contributed by atoms with Gasteiger partial charge in [-0.25, -0.2) is 4.99 Å². The van der Waals surface area contributed by atoms with Crippen LogP contribution in [0.15, 0.2) is 17.1 Å². The molecular formula is C19H35N5O2. The van der Waals surface area contributed by atoms with Crippen molar-refractivity contribution in [1.29, 1.82) is 0 Å². The molecule has 2 aliphatic rings. The van der Waals surface area contributed by atoms with E-state index in [0.29, 0.717) is 12.0 Å². The van der Waals surface area contributed by atoms with Gasteiger partial charge >= 0.3 is 0 Å². The number of piperidine rings is 1.